The van der Waals surface area contributed by atoms with Gasteiger partial charge in [-0.2, -0.15) is 0 Å². The number of aryl methyl sites for hydroxylation is 1. The first-order valence-electron chi connectivity index (χ1n) is 5.87. The van der Waals surface area contributed by atoms with Gasteiger partial charge >= 0.3 is 0 Å². The molecule has 1 saturated heterocycles. The van der Waals surface area contributed by atoms with E-state index in [9.17, 15) is 9.59 Å². The van der Waals surface area contributed by atoms with Crippen LogP contribution < -0.4 is 10.6 Å². The highest BCUT2D eigenvalue weighted by Gasteiger charge is 2.24. The van der Waals surface area contributed by atoms with Crippen molar-refractivity contribution in [1.29, 1.82) is 0 Å². The van der Waals surface area contributed by atoms with Gasteiger partial charge in [0.05, 0.1) is 6.54 Å². The van der Waals surface area contributed by atoms with Crippen molar-refractivity contribution in [1.82, 2.24) is 10.6 Å². The molecule has 0 spiro atoms. The molecule has 2 N–H and O–H groups in total. The maximum atomic E-state index is 11.5. The second kappa shape index (κ2) is 5.48. The van der Waals surface area contributed by atoms with Gasteiger partial charge in [-0.1, -0.05) is 30.3 Å². The average molecular weight is 232 g/mol. The highest BCUT2D eigenvalue weighted by molar-refractivity contribution is 5.94. The Kier molecular flexibility index (Phi) is 3.75. The summed E-state index contributed by atoms with van der Waals surface area (Å²) >= 11 is 0. The van der Waals surface area contributed by atoms with Crippen LogP contribution in [-0.2, 0) is 16.0 Å². The summed E-state index contributed by atoms with van der Waals surface area (Å²) in [4.78, 5) is 22.6. The van der Waals surface area contributed by atoms with Crippen LogP contribution in [0, 0.1) is 0 Å². The van der Waals surface area contributed by atoms with E-state index in [2.05, 4.69) is 22.8 Å². The molecule has 17 heavy (non-hydrogen) atoms. The smallest absolute Gasteiger partial charge is 0.243 e. The lowest BCUT2D eigenvalue weighted by atomic mass is 10.0. The molecule has 1 aliphatic rings. The summed E-state index contributed by atoms with van der Waals surface area (Å²) < 4.78 is 0. The van der Waals surface area contributed by atoms with Crippen LogP contribution in [0.4, 0.5) is 0 Å². The Bertz CT molecular complexity index is 403. The highest BCUT2D eigenvalue weighted by Crippen LogP contribution is 2.07. The minimum absolute atomic E-state index is 0.0716. The van der Waals surface area contributed by atoms with E-state index in [-0.39, 0.29) is 24.4 Å². The number of amides is 2. The van der Waals surface area contributed by atoms with Crippen LogP contribution in [-0.4, -0.2) is 24.4 Å². The summed E-state index contributed by atoms with van der Waals surface area (Å²) in [5.74, 6) is -0.174. The van der Waals surface area contributed by atoms with Gasteiger partial charge < -0.3 is 10.6 Å². The Balaban J connectivity index is 1.78. The molecule has 0 aliphatic carbocycles. The lowest BCUT2D eigenvalue weighted by molar-refractivity contribution is -0.133. The third kappa shape index (κ3) is 3.31. The van der Waals surface area contributed by atoms with Gasteiger partial charge in [0.15, 0.2) is 0 Å². The number of nitrogens with one attached hydrogen (secondary N) is 2. The summed E-state index contributed by atoms with van der Waals surface area (Å²) in [7, 11) is 0. The second-order valence-electron chi connectivity index (χ2n) is 4.22. The number of piperazine rings is 1. The minimum atomic E-state index is -0.361. The maximum absolute atomic E-state index is 11.5. The largest absolute Gasteiger partial charge is 0.345 e. The van der Waals surface area contributed by atoms with Crippen molar-refractivity contribution in [3.05, 3.63) is 35.9 Å². The monoisotopic (exact) mass is 232 g/mol. The summed E-state index contributed by atoms with van der Waals surface area (Å²) in [5, 5.41) is 5.28. The first kappa shape index (κ1) is 11.6. The quantitative estimate of drug-likeness (QED) is 0.799. The molecule has 1 aliphatic heterocycles. The van der Waals surface area contributed by atoms with E-state index in [1.807, 2.05) is 18.2 Å². The molecule has 1 unspecified atom stereocenters. The number of benzene rings is 1. The number of carbonyl (C=O) groups excluding carboxylic acids is 2. The van der Waals surface area contributed by atoms with E-state index in [0.717, 1.165) is 12.8 Å². The molecule has 2 rings (SSSR count). The summed E-state index contributed by atoms with van der Waals surface area (Å²) in [6, 6.07) is 9.77. The fourth-order valence-electron chi connectivity index (χ4n) is 1.96. The first-order chi connectivity index (χ1) is 8.25. The van der Waals surface area contributed by atoms with Crippen LogP contribution in [0.3, 0.4) is 0 Å². The van der Waals surface area contributed by atoms with Crippen LogP contribution in [0.15, 0.2) is 30.3 Å². The fraction of sp³-hybridized carbons (Fsp3) is 0.385. The van der Waals surface area contributed by atoms with E-state index >= 15 is 0 Å². The molecule has 1 aromatic carbocycles. The Morgan fingerprint density at radius 2 is 1.94 bits per heavy atom. The van der Waals surface area contributed by atoms with E-state index in [0.29, 0.717) is 6.42 Å². The van der Waals surface area contributed by atoms with E-state index in [1.54, 1.807) is 0 Å². The Morgan fingerprint density at radius 1 is 1.18 bits per heavy atom. The van der Waals surface area contributed by atoms with Gasteiger partial charge in [-0.25, -0.2) is 0 Å². The summed E-state index contributed by atoms with van der Waals surface area (Å²) in [5.41, 5.74) is 1.26. The molecule has 1 heterocycles. The minimum Gasteiger partial charge on any atom is -0.345 e. The second-order valence-corrected chi connectivity index (χ2v) is 4.22. The third-order valence-electron chi connectivity index (χ3n) is 2.88. The van der Waals surface area contributed by atoms with Gasteiger partial charge in [-0.3, -0.25) is 9.59 Å². The molecule has 0 aromatic heterocycles. The normalized spacial score (nSPS) is 19.6. The molecule has 1 fully saturated rings. The Morgan fingerprint density at radius 3 is 2.71 bits per heavy atom. The van der Waals surface area contributed by atoms with Gasteiger partial charge in [-0.15, -0.1) is 0 Å². The number of hydrogen-bond acceptors (Lipinski definition) is 2. The van der Waals surface area contributed by atoms with Crippen LogP contribution in [0.2, 0.25) is 0 Å². The predicted octanol–water partition coefficient (Wildman–Crippen LogP) is 0.624. The van der Waals surface area contributed by atoms with Crippen LogP contribution >= 0.6 is 0 Å². The first-order valence-corrected chi connectivity index (χ1v) is 5.87. The topological polar surface area (TPSA) is 58.2 Å². The fourth-order valence-corrected chi connectivity index (χ4v) is 1.96. The predicted molar refractivity (Wildman–Crippen MR) is 64.3 cm³/mol. The zero-order valence-electron chi connectivity index (χ0n) is 9.61. The maximum Gasteiger partial charge on any atom is 0.243 e. The van der Waals surface area contributed by atoms with E-state index < -0.39 is 0 Å². The van der Waals surface area contributed by atoms with E-state index in [1.165, 1.54) is 5.56 Å². The van der Waals surface area contributed by atoms with Crippen molar-refractivity contribution in [3.63, 3.8) is 0 Å². The van der Waals surface area contributed by atoms with Crippen molar-refractivity contribution < 1.29 is 9.59 Å². The average Bonchev–Trinajstić information content (AvgIpc) is 2.35. The standard InChI is InChI=1S/C13H16N2O2/c16-12-9-14-13(17)11(15-12)8-4-7-10-5-2-1-3-6-10/h1-3,5-6,11H,4,7-9H2,(H,14,17)(H,15,16). The SMILES string of the molecule is O=C1CNC(=O)C(CCCc2ccccc2)N1. The number of carbonyl (C=O) groups is 2. The zero-order chi connectivity index (χ0) is 12.1. The van der Waals surface area contributed by atoms with Gasteiger partial charge in [-0.05, 0) is 24.8 Å². The summed E-state index contributed by atoms with van der Waals surface area (Å²) in [6.45, 7) is 0.105. The Hall–Kier alpha value is -1.84. The molecular weight excluding hydrogens is 216 g/mol. The van der Waals surface area contributed by atoms with Crippen LogP contribution in [0.25, 0.3) is 0 Å². The van der Waals surface area contributed by atoms with Gasteiger partial charge in [0, 0.05) is 0 Å². The molecule has 4 nitrogen and oxygen atoms in total. The van der Waals surface area contributed by atoms with Crippen molar-refractivity contribution in [2.45, 2.75) is 25.3 Å². The number of rotatable bonds is 4. The molecule has 90 valence electrons. The van der Waals surface area contributed by atoms with Crippen LogP contribution in [0.1, 0.15) is 18.4 Å². The molecular formula is C13H16N2O2. The third-order valence-corrected chi connectivity index (χ3v) is 2.88. The van der Waals surface area contributed by atoms with Crippen molar-refractivity contribution >= 4 is 11.8 Å². The Labute approximate surface area is 100 Å². The van der Waals surface area contributed by atoms with Crippen molar-refractivity contribution in [2.24, 2.45) is 0 Å². The molecule has 2 amide bonds. The van der Waals surface area contributed by atoms with Gasteiger partial charge in [0.2, 0.25) is 11.8 Å². The van der Waals surface area contributed by atoms with Crippen molar-refractivity contribution in [2.75, 3.05) is 6.54 Å². The lowest BCUT2D eigenvalue weighted by Crippen LogP contribution is -2.56. The molecule has 0 bridgehead atoms. The van der Waals surface area contributed by atoms with Crippen LogP contribution in [0.5, 0.6) is 0 Å². The highest BCUT2D eigenvalue weighted by atomic mass is 16.2. The lowest BCUT2D eigenvalue weighted by Gasteiger charge is -2.22. The summed E-state index contributed by atoms with van der Waals surface area (Å²) in [6.07, 6.45) is 2.51. The molecule has 1 aromatic rings. The molecule has 0 radical (unpaired) electrons. The van der Waals surface area contributed by atoms with E-state index in [4.69, 9.17) is 0 Å². The molecule has 1 atom stereocenters. The van der Waals surface area contributed by atoms with Gasteiger partial charge in [0.1, 0.15) is 6.04 Å². The van der Waals surface area contributed by atoms with Gasteiger partial charge in [0.25, 0.3) is 0 Å². The molecule has 4 heteroatoms. The number of hydrogen-bond donors (Lipinski definition) is 2. The molecule has 0 saturated carbocycles. The zero-order valence-corrected chi connectivity index (χ0v) is 9.61. The van der Waals surface area contributed by atoms with Crippen molar-refractivity contribution in [3.8, 4) is 0 Å².